The minimum Gasteiger partial charge on any atom is -0.480 e. The Morgan fingerprint density at radius 2 is 2.11 bits per heavy atom. The highest BCUT2D eigenvalue weighted by molar-refractivity contribution is 5.64. The second kappa shape index (κ2) is 5.65. The number of aryl methyl sites for hydroxylation is 1. The minimum atomic E-state index is 0.266. The third kappa shape index (κ3) is 3.19. The third-order valence-electron chi connectivity index (χ3n) is 2.46. The van der Waals surface area contributed by atoms with Gasteiger partial charge in [0.2, 0.25) is 11.8 Å². The third-order valence-corrected chi connectivity index (χ3v) is 2.46. The zero-order valence-electron chi connectivity index (χ0n) is 11.6. The molecule has 0 aromatic carbocycles. The van der Waals surface area contributed by atoms with Crippen LogP contribution in [0.2, 0.25) is 0 Å². The van der Waals surface area contributed by atoms with Crippen LogP contribution in [0.1, 0.15) is 19.5 Å². The number of aromatic nitrogens is 3. The molecule has 1 N–H and O–H groups in total. The monoisotopic (exact) mass is 257 g/mol. The average molecular weight is 257 g/mol. The number of ether oxygens (including phenoxy) is 1. The Morgan fingerprint density at radius 3 is 2.74 bits per heavy atom. The smallest absolute Gasteiger partial charge is 0.227 e. The van der Waals surface area contributed by atoms with Crippen LogP contribution in [0.3, 0.4) is 0 Å². The predicted octanol–water partition coefficient (Wildman–Crippen LogP) is 2.48. The van der Waals surface area contributed by atoms with E-state index in [4.69, 9.17) is 4.74 Å². The van der Waals surface area contributed by atoms with Gasteiger partial charge in [0.05, 0.1) is 18.4 Å². The van der Waals surface area contributed by atoms with Crippen molar-refractivity contribution < 1.29 is 4.74 Å². The molecule has 0 bridgehead atoms. The van der Waals surface area contributed by atoms with Crippen molar-refractivity contribution in [2.75, 3.05) is 12.4 Å². The number of methoxy groups -OCH3 is 1. The van der Waals surface area contributed by atoms with Gasteiger partial charge in [-0.25, -0.2) is 4.98 Å². The summed E-state index contributed by atoms with van der Waals surface area (Å²) in [4.78, 5) is 13.0. The van der Waals surface area contributed by atoms with Gasteiger partial charge in [0.1, 0.15) is 0 Å². The molecule has 0 fully saturated rings. The van der Waals surface area contributed by atoms with Crippen LogP contribution in [0.15, 0.2) is 18.3 Å². The summed E-state index contributed by atoms with van der Waals surface area (Å²) in [5.41, 5.74) is 2.38. The molecule has 5 nitrogen and oxygen atoms in total. The van der Waals surface area contributed by atoms with Crippen LogP contribution in [0, 0.1) is 13.0 Å². The summed E-state index contributed by atoms with van der Waals surface area (Å²) >= 11 is 0. The van der Waals surface area contributed by atoms with Crippen molar-refractivity contribution in [2.45, 2.75) is 26.8 Å². The second-order valence-electron chi connectivity index (χ2n) is 4.48. The first-order valence-corrected chi connectivity index (χ1v) is 6.13. The van der Waals surface area contributed by atoms with Gasteiger partial charge < -0.3 is 10.1 Å². The predicted molar refractivity (Wildman–Crippen MR) is 74.1 cm³/mol. The highest BCUT2D eigenvalue weighted by atomic mass is 16.5. The van der Waals surface area contributed by atoms with E-state index in [1.165, 1.54) is 0 Å². The maximum Gasteiger partial charge on any atom is 0.227 e. The van der Waals surface area contributed by atoms with Crippen LogP contribution >= 0.6 is 0 Å². The largest absolute Gasteiger partial charge is 0.480 e. The topological polar surface area (TPSA) is 59.9 Å². The number of nitrogens with zero attached hydrogens (tertiary/aromatic N) is 3. The Bertz CT molecular complexity index is 569. The highest BCUT2D eigenvalue weighted by Crippen LogP contribution is 2.26. The van der Waals surface area contributed by atoms with E-state index in [1.54, 1.807) is 13.3 Å². The van der Waals surface area contributed by atoms with Crippen molar-refractivity contribution >= 4 is 5.95 Å². The quantitative estimate of drug-likeness (QED) is 0.911. The summed E-state index contributed by atoms with van der Waals surface area (Å²) in [6, 6.07) is 6.97. The van der Waals surface area contributed by atoms with Crippen LogP contribution in [0.5, 0.6) is 5.88 Å². The van der Waals surface area contributed by atoms with E-state index in [-0.39, 0.29) is 6.04 Å². The molecule has 0 spiro atoms. The molecule has 2 aromatic heterocycles. The van der Waals surface area contributed by atoms with E-state index in [9.17, 15) is 0 Å². The molecule has 0 amide bonds. The van der Waals surface area contributed by atoms with E-state index in [0.29, 0.717) is 11.8 Å². The summed E-state index contributed by atoms with van der Waals surface area (Å²) < 4.78 is 5.32. The first-order chi connectivity index (χ1) is 9.10. The average Bonchev–Trinajstić information content (AvgIpc) is 2.37. The van der Waals surface area contributed by atoms with Gasteiger partial charge in [-0.3, -0.25) is 4.98 Å². The van der Waals surface area contributed by atoms with E-state index in [0.717, 1.165) is 17.0 Å². The van der Waals surface area contributed by atoms with Gasteiger partial charge in [-0.2, -0.15) is 4.98 Å². The fraction of sp³-hybridized carbons (Fsp3) is 0.357. The lowest BCUT2D eigenvalue weighted by Crippen LogP contribution is -2.13. The van der Waals surface area contributed by atoms with Crippen molar-refractivity contribution in [1.29, 1.82) is 0 Å². The molecule has 0 aliphatic rings. The first-order valence-electron chi connectivity index (χ1n) is 6.13. The Balaban J connectivity index is 2.41. The minimum absolute atomic E-state index is 0.266. The zero-order chi connectivity index (χ0) is 13.8. The molecule has 0 aliphatic heterocycles. The molecule has 0 saturated carbocycles. The van der Waals surface area contributed by atoms with Crippen LogP contribution in [0.25, 0.3) is 11.3 Å². The van der Waals surface area contributed by atoms with E-state index in [2.05, 4.69) is 26.3 Å². The number of hydrogen-bond acceptors (Lipinski definition) is 5. The zero-order valence-corrected chi connectivity index (χ0v) is 11.6. The highest BCUT2D eigenvalue weighted by Gasteiger charge is 2.11. The second-order valence-corrected chi connectivity index (χ2v) is 4.48. The lowest BCUT2D eigenvalue weighted by molar-refractivity contribution is 0.399. The maximum absolute atomic E-state index is 5.32. The van der Waals surface area contributed by atoms with E-state index >= 15 is 0 Å². The summed E-state index contributed by atoms with van der Waals surface area (Å²) in [7, 11) is 1.59. The lowest BCUT2D eigenvalue weighted by atomic mass is 10.2. The Labute approximate surface area is 113 Å². The van der Waals surface area contributed by atoms with Crippen LogP contribution < -0.4 is 10.1 Å². The molecule has 0 atom stereocenters. The molecule has 2 rings (SSSR count). The van der Waals surface area contributed by atoms with Gasteiger partial charge in [-0.1, -0.05) is 6.07 Å². The van der Waals surface area contributed by atoms with Gasteiger partial charge >= 0.3 is 0 Å². The molecule has 0 saturated heterocycles. The normalized spacial score (nSPS) is 10.6. The molecule has 2 heterocycles. The Morgan fingerprint density at radius 1 is 1.32 bits per heavy atom. The summed E-state index contributed by atoms with van der Waals surface area (Å²) in [6.45, 7) is 5.95. The molecular formula is C14H17N4O. The SMILES string of the molecule is COc1nc(NC(C)C)ncc1-c1cc[c]c(C)n1. The summed E-state index contributed by atoms with van der Waals surface area (Å²) in [5, 5.41) is 3.14. The first kappa shape index (κ1) is 13.3. The lowest BCUT2D eigenvalue weighted by Gasteiger charge is -2.11. The van der Waals surface area contributed by atoms with Gasteiger partial charge in [-0.15, -0.1) is 0 Å². The molecule has 19 heavy (non-hydrogen) atoms. The van der Waals surface area contributed by atoms with Gasteiger partial charge in [-0.05, 0) is 26.8 Å². The van der Waals surface area contributed by atoms with Gasteiger partial charge in [0.25, 0.3) is 0 Å². The molecular weight excluding hydrogens is 240 g/mol. The van der Waals surface area contributed by atoms with Gasteiger partial charge in [0.15, 0.2) is 0 Å². The van der Waals surface area contributed by atoms with Crippen molar-refractivity contribution in [2.24, 2.45) is 0 Å². The van der Waals surface area contributed by atoms with Crippen LogP contribution in [0.4, 0.5) is 5.95 Å². The number of anilines is 1. The number of nitrogens with one attached hydrogen (secondary N) is 1. The van der Waals surface area contributed by atoms with Crippen molar-refractivity contribution in [3.63, 3.8) is 0 Å². The molecule has 0 unspecified atom stereocenters. The van der Waals surface area contributed by atoms with Crippen molar-refractivity contribution in [3.8, 4) is 17.1 Å². The summed E-state index contributed by atoms with van der Waals surface area (Å²) in [5.74, 6) is 1.06. The maximum atomic E-state index is 5.32. The fourth-order valence-corrected chi connectivity index (χ4v) is 1.67. The molecule has 99 valence electrons. The van der Waals surface area contributed by atoms with E-state index in [1.807, 2.05) is 32.9 Å². The molecule has 0 aliphatic carbocycles. The van der Waals surface area contributed by atoms with Gasteiger partial charge in [0, 0.05) is 24.0 Å². The van der Waals surface area contributed by atoms with Crippen molar-refractivity contribution in [3.05, 3.63) is 30.1 Å². The van der Waals surface area contributed by atoms with Crippen LogP contribution in [-0.2, 0) is 0 Å². The number of pyridine rings is 1. The standard InChI is InChI=1S/C14H17N4O/c1-9(2)16-14-15-8-11(13(18-14)19-4)12-7-5-6-10(3)17-12/h5,7-9H,1-4H3,(H,15,16,18). The molecule has 5 heteroatoms. The Kier molecular flexibility index (Phi) is 3.94. The number of hydrogen-bond donors (Lipinski definition) is 1. The molecule has 2 aromatic rings. The fourth-order valence-electron chi connectivity index (χ4n) is 1.67. The number of rotatable bonds is 4. The van der Waals surface area contributed by atoms with E-state index < -0.39 is 0 Å². The Hall–Kier alpha value is -2.17. The molecule has 1 radical (unpaired) electrons. The summed E-state index contributed by atoms with van der Waals surface area (Å²) in [6.07, 6.45) is 1.72. The van der Waals surface area contributed by atoms with Crippen molar-refractivity contribution in [1.82, 2.24) is 15.0 Å². The van der Waals surface area contributed by atoms with Crippen LogP contribution in [-0.4, -0.2) is 28.1 Å².